The molecule has 4 heteroatoms. The lowest BCUT2D eigenvalue weighted by Crippen LogP contribution is -2.08. The fraction of sp³-hybridized carbons (Fsp3) is 0.200. The van der Waals surface area contributed by atoms with Crippen LogP contribution in [0.5, 0.6) is 0 Å². The summed E-state index contributed by atoms with van der Waals surface area (Å²) in [4.78, 5) is 15.7. The number of ketones is 1. The molecule has 0 radical (unpaired) electrons. The molecule has 0 saturated carbocycles. The number of hydrogen-bond acceptors (Lipinski definition) is 4. The Kier molecular flexibility index (Phi) is 1.39. The minimum absolute atomic E-state index is 0.152. The number of aliphatic imine (C=N–C) groups is 1. The summed E-state index contributed by atoms with van der Waals surface area (Å²) in [7, 11) is 0. The highest BCUT2D eigenvalue weighted by atomic mass is 16.1. The fourth-order valence-electron chi connectivity index (χ4n) is 1.85. The van der Waals surface area contributed by atoms with Crippen molar-refractivity contribution >= 4 is 29.1 Å². The van der Waals surface area contributed by atoms with Gasteiger partial charge in [0.1, 0.15) is 0 Å². The van der Waals surface area contributed by atoms with Gasteiger partial charge in [-0.05, 0) is 12.1 Å². The van der Waals surface area contributed by atoms with Gasteiger partial charge in [0.15, 0.2) is 5.78 Å². The molecule has 2 aliphatic heterocycles. The molecule has 1 aromatic carbocycles. The van der Waals surface area contributed by atoms with Gasteiger partial charge >= 0.3 is 0 Å². The molecule has 0 spiro atoms. The largest absolute Gasteiger partial charge is 0.377 e. The molecule has 0 aromatic heterocycles. The predicted molar refractivity (Wildman–Crippen MR) is 55.9 cm³/mol. The molecule has 2 N–H and O–H groups in total. The summed E-state index contributed by atoms with van der Waals surface area (Å²) in [6, 6.07) is 3.71. The Morgan fingerprint density at radius 3 is 3.07 bits per heavy atom. The van der Waals surface area contributed by atoms with Crippen LogP contribution in [0.4, 0.5) is 17.1 Å². The van der Waals surface area contributed by atoms with E-state index in [1.807, 2.05) is 18.3 Å². The van der Waals surface area contributed by atoms with E-state index in [4.69, 9.17) is 0 Å². The fourth-order valence-corrected chi connectivity index (χ4v) is 1.85. The van der Waals surface area contributed by atoms with Crippen LogP contribution in [0.3, 0.4) is 0 Å². The molecule has 1 aromatic rings. The van der Waals surface area contributed by atoms with Crippen LogP contribution in [0, 0.1) is 0 Å². The van der Waals surface area contributed by atoms with E-state index in [1.54, 1.807) is 0 Å². The average molecular weight is 187 g/mol. The van der Waals surface area contributed by atoms with Gasteiger partial charge in [-0.2, -0.15) is 0 Å². The summed E-state index contributed by atoms with van der Waals surface area (Å²) in [5.41, 5.74) is 3.53. The first-order valence-electron chi connectivity index (χ1n) is 4.57. The van der Waals surface area contributed by atoms with E-state index >= 15 is 0 Å². The van der Waals surface area contributed by atoms with E-state index in [9.17, 15) is 4.79 Å². The Bertz CT molecular complexity index is 448. The third kappa shape index (κ3) is 0.878. The summed E-state index contributed by atoms with van der Waals surface area (Å²) < 4.78 is 0. The molecule has 0 fully saturated rings. The van der Waals surface area contributed by atoms with Crippen molar-refractivity contribution in [1.29, 1.82) is 0 Å². The highest BCUT2D eigenvalue weighted by Crippen LogP contribution is 2.39. The van der Waals surface area contributed by atoms with Crippen LogP contribution in [0.15, 0.2) is 17.1 Å². The number of carbonyl (C=O) groups excluding carboxylic acids is 1. The molecule has 4 nitrogen and oxygen atoms in total. The number of rotatable bonds is 0. The molecule has 3 rings (SSSR count). The zero-order chi connectivity index (χ0) is 9.54. The number of Topliss-reactive ketones (excluding diaryl/α,β-unsaturated/α-hetero) is 1. The minimum Gasteiger partial charge on any atom is -0.377 e. The molecular weight excluding hydrogens is 178 g/mol. The number of nitrogens with zero attached hydrogens (tertiary/aromatic N) is 1. The Labute approximate surface area is 81.0 Å². The SMILES string of the molecule is O=C1CNc2c1ccc1c2NCC=N1. The van der Waals surface area contributed by atoms with Gasteiger partial charge in [0, 0.05) is 11.8 Å². The van der Waals surface area contributed by atoms with E-state index in [1.165, 1.54) is 0 Å². The second-order valence-corrected chi connectivity index (χ2v) is 3.35. The molecule has 0 saturated heterocycles. The number of fused-ring (bicyclic) bond motifs is 3. The third-order valence-corrected chi connectivity index (χ3v) is 2.51. The molecule has 0 bridgehead atoms. The molecule has 70 valence electrons. The quantitative estimate of drug-likeness (QED) is 0.645. The predicted octanol–water partition coefficient (Wildman–Crippen LogP) is 1.42. The second-order valence-electron chi connectivity index (χ2n) is 3.35. The summed E-state index contributed by atoms with van der Waals surface area (Å²) in [6.45, 7) is 1.12. The van der Waals surface area contributed by atoms with Crippen molar-refractivity contribution in [2.24, 2.45) is 4.99 Å². The Morgan fingerprint density at radius 2 is 2.14 bits per heavy atom. The number of hydrogen-bond donors (Lipinski definition) is 2. The van der Waals surface area contributed by atoms with Crippen molar-refractivity contribution in [3.63, 3.8) is 0 Å². The van der Waals surface area contributed by atoms with Crippen molar-refractivity contribution in [1.82, 2.24) is 0 Å². The average Bonchev–Trinajstić information content (AvgIpc) is 2.61. The Hall–Kier alpha value is -1.84. The van der Waals surface area contributed by atoms with Crippen molar-refractivity contribution in [3.05, 3.63) is 17.7 Å². The van der Waals surface area contributed by atoms with Gasteiger partial charge < -0.3 is 10.6 Å². The molecule has 0 unspecified atom stereocenters. The van der Waals surface area contributed by atoms with E-state index < -0.39 is 0 Å². The topological polar surface area (TPSA) is 53.5 Å². The smallest absolute Gasteiger partial charge is 0.184 e. The maximum Gasteiger partial charge on any atom is 0.184 e. The highest BCUT2D eigenvalue weighted by Gasteiger charge is 2.24. The van der Waals surface area contributed by atoms with Crippen molar-refractivity contribution in [2.75, 3.05) is 23.7 Å². The molecule has 0 aliphatic carbocycles. The van der Waals surface area contributed by atoms with Gasteiger partial charge in [-0.3, -0.25) is 9.79 Å². The van der Waals surface area contributed by atoms with Gasteiger partial charge in [0.2, 0.25) is 0 Å². The first-order valence-corrected chi connectivity index (χ1v) is 4.57. The van der Waals surface area contributed by atoms with Gasteiger partial charge in [-0.25, -0.2) is 0 Å². The van der Waals surface area contributed by atoms with Crippen molar-refractivity contribution in [2.45, 2.75) is 0 Å². The van der Waals surface area contributed by atoms with E-state index in [0.29, 0.717) is 6.54 Å². The number of anilines is 2. The van der Waals surface area contributed by atoms with Crippen LogP contribution >= 0.6 is 0 Å². The van der Waals surface area contributed by atoms with Crippen molar-refractivity contribution < 1.29 is 4.79 Å². The lowest BCUT2D eigenvalue weighted by molar-refractivity contribution is 0.101. The normalized spacial score (nSPS) is 17.0. The third-order valence-electron chi connectivity index (χ3n) is 2.51. The number of benzene rings is 1. The van der Waals surface area contributed by atoms with Crippen LogP contribution in [0.1, 0.15) is 10.4 Å². The standard InChI is InChI=1S/C10H9N3O/c14-8-5-13-9-6(8)1-2-7-10(9)12-4-3-11-7/h1-3,12-13H,4-5H2. The van der Waals surface area contributed by atoms with Gasteiger partial charge in [0.05, 0.1) is 30.2 Å². The highest BCUT2D eigenvalue weighted by molar-refractivity contribution is 6.12. The Morgan fingerprint density at radius 1 is 1.21 bits per heavy atom. The van der Waals surface area contributed by atoms with Gasteiger partial charge in [-0.15, -0.1) is 0 Å². The van der Waals surface area contributed by atoms with E-state index in [2.05, 4.69) is 15.6 Å². The summed E-state index contributed by atoms with van der Waals surface area (Å²) in [6.07, 6.45) is 1.82. The first kappa shape index (κ1) is 7.55. The maximum atomic E-state index is 11.4. The maximum absolute atomic E-state index is 11.4. The summed E-state index contributed by atoms with van der Waals surface area (Å²) in [5.74, 6) is 0.152. The molecule has 14 heavy (non-hydrogen) atoms. The molecular formula is C10H9N3O. The van der Waals surface area contributed by atoms with E-state index in [-0.39, 0.29) is 5.78 Å². The Balaban J connectivity index is 2.26. The zero-order valence-electron chi connectivity index (χ0n) is 7.50. The lowest BCUT2D eigenvalue weighted by atomic mass is 10.1. The lowest BCUT2D eigenvalue weighted by Gasteiger charge is -2.15. The van der Waals surface area contributed by atoms with Gasteiger partial charge in [0.25, 0.3) is 0 Å². The van der Waals surface area contributed by atoms with Crippen LogP contribution in [-0.4, -0.2) is 25.1 Å². The van der Waals surface area contributed by atoms with E-state index in [0.717, 1.165) is 29.2 Å². The molecule has 0 atom stereocenters. The minimum atomic E-state index is 0.152. The van der Waals surface area contributed by atoms with Gasteiger partial charge in [-0.1, -0.05) is 0 Å². The zero-order valence-corrected chi connectivity index (χ0v) is 7.50. The van der Waals surface area contributed by atoms with Crippen LogP contribution < -0.4 is 10.6 Å². The summed E-state index contributed by atoms with van der Waals surface area (Å²) >= 11 is 0. The van der Waals surface area contributed by atoms with Crippen LogP contribution in [-0.2, 0) is 0 Å². The molecule has 0 amide bonds. The second kappa shape index (κ2) is 2.57. The first-order chi connectivity index (χ1) is 6.86. The number of carbonyl (C=O) groups is 1. The molecule has 2 aliphatic rings. The monoisotopic (exact) mass is 187 g/mol. The van der Waals surface area contributed by atoms with Crippen LogP contribution in [0.2, 0.25) is 0 Å². The molecule has 2 heterocycles. The van der Waals surface area contributed by atoms with Crippen molar-refractivity contribution in [3.8, 4) is 0 Å². The summed E-state index contributed by atoms with van der Waals surface area (Å²) in [5, 5.41) is 6.31. The number of nitrogens with one attached hydrogen (secondary N) is 2. The van der Waals surface area contributed by atoms with Crippen LogP contribution in [0.25, 0.3) is 0 Å².